The maximum Gasteiger partial charge on any atom is 0.222 e. The maximum absolute atomic E-state index is 5.76. The number of rotatable bonds is 6. The first-order chi connectivity index (χ1) is 11.6. The topological polar surface area (TPSA) is 76.4 Å². The Hall–Kier alpha value is -2.28. The Labute approximate surface area is 146 Å². The third-order valence-corrected chi connectivity index (χ3v) is 4.58. The summed E-state index contributed by atoms with van der Waals surface area (Å²) in [4.78, 5) is 8.55. The van der Waals surface area contributed by atoms with E-state index >= 15 is 0 Å². The van der Waals surface area contributed by atoms with Crippen LogP contribution >= 0.6 is 11.8 Å². The van der Waals surface area contributed by atoms with Crippen molar-refractivity contribution < 1.29 is 4.74 Å². The Morgan fingerprint density at radius 1 is 1.17 bits per heavy atom. The number of aryl methyl sites for hydroxylation is 2. The highest BCUT2D eigenvalue weighted by Gasteiger charge is 2.30. The van der Waals surface area contributed by atoms with E-state index in [0.29, 0.717) is 6.61 Å². The minimum absolute atomic E-state index is 0.286. The van der Waals surface area contributed by atoms with Crippen LogP contribution in [0.15, 0.2) is 29.4 Å². The van der Waals surface area contributed by atoms with Gasteiger partial charge < -0.3 is 10.5 Å². The number of benzene rings is 1. The van der Waals surface area contributed by atoms with Gasteiger partial charge >= 0.3 is 0 Å². The standard InChI is InChI=1S/C17H21N5OS/c1-4-14-12(3)19-16(18)20-15(14)22-17(21-22)24-10-9-23-13-7-5-11(2)6-8-13/h5-8H,4,9-10H2,1-3H3,(H2,18,19,20). The third kappa shape index (κ3) is 3.79. The molecule has 0 spiro atoms. The second-order valence-corrected chi connectivity index (χ2v) is 6.59. The molecule has 1 aromatic heterocycles. The van der Waals surface area contributed by atoms with Crippen molar-refractivity contribution in [2.45, 2.75) is 27.2 Å². The molecule has 0 bridgehead atoms. The molecule has 0 atom stereocenters. The Balaban J connectivity index is 1.49. The molecule has 0 unspecified atom stereocenters. The summed E-state index contributed by atoms with van der Waals surface area (Å²) in [6, 6.07) is 8.06. The van der Waals surface area contributed by atoms with Crippen molar-refractivity contribution in [3.05, 3.63) is 41.1 Å². The molecule has 1 aliphatic heterocycles. The van der Waals surface area contributed by atoms with Crippen LogP contribution in [0.4, 0.5) is 11.8 Å². The molecule has 126 valence electrons. The first-order valence-corrected chi connectivity index (χ1v) is 8.91. The lowest BCUT2D eigenvalue weighted by Crippen LogP contribution is -2.11. The van der Waals surface area contributed by atoms with Crippen molar-refractivity contribution in [3.63, 3.8) is 0 Å². The van der Waals surface area contributed by atoms with Crippen LogP contribution in [-0.2, 0) is 6.42 Å². The van der Waals surface area contributed by atoms with Crippen molar-refractivity contribution in [1.29, 1.82) is 0 Å². The molecule has 24 heavy (non-hydrogen) atoms. The smallest absolute Gasteiger partial charge is 0.222 e. The molecule has 1 aromatic carbocycles. The average Bonchev–Trinajstić information content (AvgIpc) is 3.32. The second kappa shape index (κ2) is 7.09. The minimum atomic E-state index is 0.286. The van der Waals surface area contributed by atoms with E-state index in [9.17, 15) is 0 Å². The average molecular weight is 343 g/mol. The Bertz CT molecular complexity index is 760. The Kier molecular flexibility index (Phi) is 4.89. The number of anilines is 2. The zero-order chi connectivity index (χ0) is 17.1. The van der Waals surface area contributed by atoms with E-state index < -0.39 is 0 Å². The predicted molar refractivity (Wildman–Crippen MR) is 99.6 cm³/mol. The van der Waals surface area contributed by atoms with Gasteiger partial charge in [0.05, 0.1) is 6.61 Å². The summed E-state index contributed by atoms with van der Waals surface area (Å²) < 4.78 is 5.72. The highest BCUT2D eigenvalue weighted by atomic mass is 32.2. The number of hydrazone groups is 1. The largest absolute Gasteiger partial charge is 0.493 e. The molecular formula is C17H21N5OS. The molecule has 2 N–H and O–H groups in total. The summed E-state index contributed by atoms with van der Waals surface area (Å²) in [5.41, 5.74) is 8.99. The number of hydrogen-bond donors (Lipinski definition) is 1. The molecule has 0 amide bonds. The fraction of sp³-hybridized carbons (Fsp3) is 0.353. The van der Waals surface area contributed by atoms with Crippen molar-refractivity contribution in [2.24, 2.45) is 5.10 Å². The fourth-order valence-electron chi connectivity index (χ4n) is 2.41. The van der Waals surface area contributed by atoms with Crippen molar-refractivity contribution in [2.75, 3.05) is 23.1 Å². The third-order valence-electron chi connectivity index (χ3n) is 3.70. The molecule has 2 heterocycles. The van der Waals surface area contributed by atoms with Crippen molar-refractivity contribution >= 4 is 28.7 Å². The quantitative estimate of drug-likeness (QED) is 0.812. The summed E-state index contributed by atoms with van der Waals surface area (Å²) in [6.07, 6.45) is 0.849. The van der Waals surface area contributed by atoms with E-state index in [-0.39, 0.29) is 5.95 Å². The van der Waals surface area contributed by atoms with Gasteiger partial charge in [0.1, 0.15) is 5.75 Å². The number of aromatic nitrogens is 2. The van der Waals surface area contributed by atoms with Crippen molar-refractivity contribution in [3.8, 4) is 5.75 Å². The summed E-state index contributed by atoms with van der Waals surface area (Å²) in [5, 5.41) is 7.16. The van der Waals surface area contributed by atoms with Gasteiger partial charge in [-0.2, -0.15) is 9.99 Å². The zero-order valence-electron chi connectivity index (χ0n) is 14.1. The van der Waals surface area contributed by atoms with Crippen LogP contribution in [0.5, 0.6) is 5.75 Å². The van der Waals surface area contributed by atoms with Crippen LogP contribution < -0.4 is 15.5 Å². The van der Waals surface area contributed by atoms with Gasteiger partial charge in [0.15, 0.2) is 5.82 Å². The molecular weight excluding hydrogens is 322 g/mol. The van der Waals surface area contributed by atoms with Crippen molar-refractivity contribution in [1.82, 2.24) is 9.97 Å². The molecule has 6 nitrogen and oxygen atoms in total. The zero-order valence-corrected chi connectivity index (χ0v) is 14.9. The number of nitrogens with two attached hydrogens (primary N) is 1. The first-order valence-electron chi connectivity index (χ1n) is 7.92. The highest BCUT2D eigenvalue weighted by molar-refractivity contribution is 8.14. The predicted octanol–water partition coefficient (Wildman–Crippen LogP) is 3.14. The van der Waals surface area contributed by atoms with Gasteiger partial charge in [-0.05, 0) is 32.4 Å². The van der Waals surface area contributed by atoms with Gasteiger partial charge in [-0.3, -0.25) is 0 Å². The second-order valence-electron chi connectivity index (χ2n) is 5.53. The summed E-state index contributed by atoms with van der Waals surface area (Å²) >= 11 is 1.65. The van der Waals surface area contributed by atoms with E-state index in [1.165, 1.54) is 5.56 Å². The molecule has 0 saturated heterocycles. The molecule has 0 saturated carbocycles. The maximum atomic E-state index is 5.76. The van der Waals surface area contributed by atoms with Gasteiger partial charge in [0.2, 0.25) is 11.1 Å². The molecule has 2 aromatic rings. The molecule has 0 aliphatic carbocycles. The van der Waals surface area contributed by atoms with Crippen LogP contribution in [0, 0.1) is 13.8 Å². The monoisotopic (exact) mass is 343 g/mol. The van der Waals surface area contributed by atoms with Crippen LogP contribution in [0.2, 0.25) is 0 Å². The lowest BCUT2D eigenvalue weighted by molar-refractivity contribution is 0.344. The lowest BCUT2D eigenvalue weighted by atomic mass is 10.2. The van der Waals surface area contributed by atoms with Crippen LogP contribution in [0.25, 0.3) is 0 Å². The summed E-state index contributed by atoms with van der Waals surface area (Å²) in [6.45, 7) is 6.72. The molecule has 7 heteroatoms. The normalized spacial score (nSPS) is 13.0. The number of amidine groups is 1. The number of thioether (sulfide) groups is 1. The first kappa shape index (κ1) is 16.6. The van der Waals surface area contributed by atoms with Gasteiger partial charge in [-0.25, -0.2) is 4.98 Å². The lowest BCUT2D eigenvalue weighted by Gasteiger charge is -2.10. The minimum Gasteiger partial charge on any atom is -0.493 e. The summed E-state index contributed by atoms with van der Waals surface area (Å²) in [5.74, 6) is 2.80. The van der Waals surface area contributed by atoms with Gasteiger partial charge in [0.25, 0.3) is 0 Å². The van der Waals surface area contributed by atoms with E-state index in [4.69, 9.17) is 10.5 Å². The summed E-state index contributed by atoms with van der Waals surface area (Å²) in [7, 11) is 0. The van der Waals surface area contributed by atoms with Gasteiger partial charge in [-0.15, -0.1) is 5.10 Å². The van der Waals surface area contributed by atoms with Crippen LogP contribution in [0.3, 0.4) is 0 Å². The van der Waals surface area contributed by atoms with E-state index in [1.807, 2.05) is 36.2 Å². The Morgan fingerprint density at radius 3 is 2.62 bits per heavy atom. The van der Waals surface area contributed by atoms with Gasteiger partial charge in [0, 0.05) is 17.0 Å². The molecule has 0 radical (unpaired) electrons. The van der Waals surface area contributed by atoms with Crippen LogP contribution in [0.1, 0.15) is 23.7 Å². The number of nitrogen functional groups attached to an aromatic ring is 1. The molecule has 3 rings (SSSR count). The Morgan fingerprint density at radius 2 is 1.92 bits per heavy atom. The number of hydrogen-bond acceptors (Lipinski definition) is 7. The fourth-order valence-corrected chi connectivity index (χ4v) is 3.11. The van der Waals surface area contributed by atoms with Gasteiger partial charge in [-0.1, -0.05) is 36.4 Å². The molecule has 0 fully saturated rings. The highest BCUT2D eigenvalue weighted by Crippen LogP contribution is 2.32. The molecule has 1 aliphatic rings. The van der Waals surface area contributed by atoms with E-state index in [2.05, 4.69) is 28.9 Å². The van der Waals surface area contributed by atoms with E-state index in [1.54, 1.807) is 11.8 Å². The number of nitrogens with zero attached hydrogens (tertiary/aromatic N) is 4. The number of ether oxygens (including phenoxy) is 1. The van der Waals surface area contributed by atoms with E-state index in [0.717, 1.165) is 40.2 Å². The SMILES string of the molecule is CCc1c(C)nc(N)nc1N1N=C1SCCOc1ccc(C)cc1. The van der Waals surface area contributed by atoms with Crippen LogP contribution in [-0.4, -0.2) is 27.5 Å².